The monoisotopic (exact) mass is 199 g/mol. The molecule has 0 saturated carbocycles. The summed E-state index contributed by atoms with van der Waals surface area (Å²) in [6.45, 7) is 0.499. The molecule has 0 rings (SSSR count). The number of quaternary nitrogens is 1. The van der Waals surface area contributed by atoms with Crippen LogP contribution in [0.4, 0.5) is 0 Å². The third kappa shape index (κ3) is 11.8. The van der Waals surface area contributed by atoms with Crippen molar-refractivity contribution in [1.82, 2.24) is 0 Å². The second-order valence-corrected chi connectivity index (χ2v) is 2.45. The van der Waals surface area contributed by atoms with Crippen molar-refractivity contribution in [3.63, 3.8) is 0 Å². The lowest BCUT2D eigenvalue weighted by molar-refractivity contribution is -1.06. The number of nitrogens with zero attached hydrogens (tertiary/aromatic N) is 1. The molecule has 4 heteroatoms. The first-order valence-electron chi connectivity index (χ1n) is 2.63. The van der Waals surface area contributed by atoms with Crippen LogP contribution in [-0.2, 0) is 4.84 Å². The Hall–Kier alpha value is 0.360. The molecule has 9 heavy (non-hydrogen) atoms. The minimum Gasteiger partial charge on any atom is -1.00 e. The van der Waals surface area contributed by atoms with Crippen LogP contribution in [0, 0.1) is 0 Å². The molecule has 1 N–H and O–H groups in total. The predicted molar refractivity (Wildman–Crippen MR) is 31.1 cm³/mol. The molecule has 0 unspecified atom stereocenters. The van der Waals surface area contributed by atoms with Gasteiger partial charge in [0.2, 0.25) is 0 Å². The standard InChI is InChI=1S/C5H14NO2.BrH/c1-6(2,3)8-5-4-7;/h7H,4-5H2,1-3H3;1H/q+1;/p-1. The molecule has 0 aliphatic rings. The van der Waals surface area contributed by atoms with E-state index < -0.39 is 0 Å². The fraction of sp³-hybridized carbons (Fsp3) is 1.00. The van der Waals surface area contributed by atoms with Crippen LogP contribution >= 0.6 is 0 Å². The molecule has 0 amide bonds. The van der Waals surface area contributed by atoms with Crippen molar-refractivity contribution in [2.45, 2.75) is 0 Å². The van der Waals surface area contributed by atoms with Gasteiger partial charge in [0.05, 0.1) is 27.7 Å². The van der Waals surface area contributed by atoms with E-state index in [1.54, 1.807) is 0 Å². The first kappa shape index (κ1) is 12.1. The van der Waals surface area contributed by atoms with Gasteiger partial charge in [-0.25, -0.2) is 4.84 Å². The largest absolute Gasteiger partial charge is 1.00 e. The minimum absolute atomic E-state index is 0. The van der Waals surface area contributed by atoms with Crippen LogP contribution in [-0.4, -0.2) is 44.1 Å². The van der Waals surface area contributed by atoms with Gasteiger partial charge < -0.3 is 22.1 Å². The van der Waals surface area contributed by atoms with Crippen molar-refractivity contribution in [2.24, 2.45) is 0 Å². The molecule has 0 aromatic heterocycles. The predicted octanol–water partition coefficient (Wildman–Crippen LogP) is -3.38. The molecule has 0 spiro atoms. The number of rotatable bonds is 3. The number of aliphatic hydroxyl groups is 1. The minimum atomic E-state index is 0. The average molecular weight is 200 g/mol. The highest BCUT2D eigenvalue weighted by molar-refractivity contribution is 4.12. The zero-order chi connectivity index (χ0) is 6.62. The first-order valence-corrected chi connectivity index (χ1v) is 2.63. The molecule has 0 fully saturated rings. The van der Waals surface area contributed by atoms with Crippen LogP contribution in [0.3, 0.4) is 0 Å². The second-order valence-electron chi connectivity index (χ2n) is 2.45. The molecule has 0 radical (unpaired) electrons. The van der Waals surface area contributed by atoms with Crippen molar-refractivity contribution >= 4 is 0 Å². The summed E-state index contributed by atoms with van der Waals surface area (Å²) in [5.41, 5.74) is 0. The summed E-state index contributed by atoms with van der Waals surface area (Å²) in [5, 5.41) is 8.29. The van der Waals surface area contributed by atoms with E-state index in [0.29, 0.717) is 11.3 Å². The van der Waals surface area contributed by atoms with Crippen molar-refractivity contribution < 1.29 is 31.6 Å². The Labute approximate surface area is 66.5 Å². The van der Waals surface area contributed by atoms with Crippen LogP contribution in [0.25, 0.3) is 0 Å². The van der Waals surface area contributed by atoms with Gasteiger partial charge in [0.1, 0.15) is 6.61 Å². The normalized spacial score (nSPS) is 10.7. The van der Waals surface area contributed by atoms with Gasteiger partial charge in [-0.15, -0.1) is 0 Å². The van der Waals surface area contributed by atoms with Gasteiger partial charge in [0.15, 0.2) is 0 Å². The molecule has 0 aliphatic heterocycles. The number of aliphatic hydroxyl groups excluding tert-OH is 1. The topological polar surface area (TPSA) is 29.5 Å². The van der Waals surface area contributed by atoms with Gasteiger partial charge in [-0.2, -0.15) is 4.65 Å². The fourth-order valence-electron chi connectivity index (χ4n) is 0.315. The van der Waals surface area contributed by atoms with E-state index in [9.17, 15) is 0 Å². The molecule has 3 nitrogen and oxygen atoms in total. The van der Waals surface area contributed by atoms with Crippen LogP contribution in [0.5, 0.6) is 0 Å². The van der Waals surface area contributed by atoms with Crippen LogP contribution in [0.2, 0.25) is 0 Å². The highest BCUT2D eigenvalue weighted by Crippen LogP contribution is 1.89. The first-order chi connectivity index (χ1) is 3.56. The van der Waals surface area contributed by atoms with Gasteiger partial charge in [0.25, 0.3) is 0 Å². The van der Waals surface area contributed by atoms with E-state index in [4.69, 9.17) is 9.94 Å². The fourth-order valence-corrected chi connectivity index (χ4v) is 0.315. The van der Waals surface area contributed by atoms with E-state index in [1.807, 2.05) is 21.1 Å². The quantitative estimate of drug-likeness (QED) is 0.380. The molecule has 0 aromatic rings. The summed E-state index contributed by atoms with van der Waals surface area (Å²) in [5.74, 6) is 0. The highest BCUT2D eigenvalue weighted by atomic mass is 79.9. The molecule has 0 heterocycles. The third-order valence-electron chi connectivity index (χ3n) is 0.570. The lowest BCUT2D eigenvalue weighted by Crippen LogP contribution is -3.00. The van der Waals surface area contributed by atoms with Crippen LogP contribution in [0.15, 0.2) is 0 Å². The number of hydrogen-bond acceptors (Lipinski definition) is 2. The number of hydrogen-bond donors (Lipinski definition) is 1. The smallest absolute Gasteiger partial charge is 0.129 e. The average Bonchev–Trinajstić information content (AvgIpc) is 1.59. The maximum Gasteiger partial charge on any atom is 0.129 e. The Morgan fingerprint density at radius 3 is 1.89 bits per heavy atom. The summed E-state index contributed by atoms with van der Waals surface area (Å²) >= 11 is 0. The molecular weight excluding hydrogens is 186 g/mol. The molecule has 0 aromatic carbocycles. The molecule has 0 saturated heterocycles. The van der Waals surface area contributed by atoms with E-state index in [-0.39, 0.29) is 23.6 Å². The summed E-state index contributed by atoms with van der Waals surface area (Å²) in [7, 11) is 5.70. The van der Waals surface area contributed by atoms with Gasteiger partial charge >= 0.3 is 0 Å². The van der Waals surface area contributed by atoms with Gasteiger partial charge in [0, 0.05) is 0 Å². The number of hydroxylamine groups is 3. The molecule has 58 valence electrons. The lowest BCUT2D eigenvalue weighted by atomic mass is 10.8. The maximum atomic E-state index is 8.29. The Bertz CT molecular complexity index is 62.5. The Morgan fingerprint density at radius 2 is 1.78 bits per heavy atom. The van der Waals surface area contributed by atoms with Crippen molar-refractivity contribution in [1.29, 1.82) is 0 Å². The molecule has 0 aliphatic carbocycles. The van der Waals surface area contributed by atoms with Crippen molar-refractivity contribution in [3.05, 3.63) is 0 Å². The Morgan fingerprint density at radius 1 is 1.33 bits per heavy atom. The van der Waals surface area contributed by atoms with Gasteiger partial charge in [-0.3, -0.25) is 0 Å². The van der Waals surface area contributed by atoms with Gasteiger partial charge in [-0.05, 0) is 0 Å². The zero-order valence-corrected chi connectivity index (χ0v) is 7.68. The van der Waals surface area contributed by atoms with Crippen molar-refractivity contribution in [2.75, 3.05) is 34.4 Å². The highest BCUT2D eigenvalue weighted by Gasteiger charge is 2.05. The maximum absolute atomic E-state index is 8.29. The Kier molecular flexibility index (Phi) is 6.94. The molecular formula is C5H14BrNO2. The SMILES string of the molecule is C[N+](C)(C)OCCO.[Br-]. The summed E-state index contributed by atoms with van der Waals surface area (Å²) < 4.78 is 0.445. The van der Waals surface area contributed by atoms with Crippen LogP contribution in [0.1, 0.15) is 0 Å². The van der Waals surface area contributed by atoms with E-state index in [1.165, 1.54) is 0 Å². The van der Waals surface area contributed by atoms with Gasteiger partial charge in [-0.1, -0.05) is 0 Å². The van der Waals surface area contributed by atoms with E-state index in [2.05, 4.69) is 0 Å². The molecule has 0 atom stereocenters. The van der Waals surface area contributed by atoms with Crippen molar-refractivity contribution in [3.8, 4) is 0 Å². The van der Waals surface area contributed by atoms with E-state index in [0.717, 1.165) is 0 Å². The zero-order valence-electron chi connectivity index (χ0n) is 6.09. The third-order valence-corrected chi connectivity index (χ3v) is 0.570. The molecule has 0 bridgehead atoms. The summed E-state index contributed by atoms with van der Waals surface area (Å²) in [6.07, 6.45) is 0. The van der Waals surface area contributed by atoms with E-state index >= 15 is 0 Å². The second kappa shape index (κ2) is 5.17. The number of halogens is 1. The lowest BCUT2D eigenvalue weighted by Gasteiger charge is -2.20. The van der Waals surface area contributed by atoms with Crippen LogP contribution < -0.4 is 17.0 Å². The summed E-state index contributed by atoms with van der Waals surface area (Å²) in [6, 6.07) is 0. The summed E-state index contributed by atoms with van der Waals surface area (Å²) in [4.78, 5) is 5.07. The Balaban J connectivity index is 0.